The van der Waals surface area contributed by atoms with Crippen LogP contribution in [0.15, 0.2) is 24.3 Å². The Hall–Kier alpha value is -1.55. The van der Waals surface area contributed by atoms with Crippen LogP contribution in [0.1, 0.15) is 32.4 Å². The molecular weight excluding hydrogens is 218 g/mol. The molecule has 0 saturated heterocycles. The minimum atomic E-state index is -0.764. The summed E-state index contributed by atoms with van der Waals surface area (Å²) in [6, 6.07) is 6.28. The van der Waals surface area contributed by atoms with E-state index < -0.39 is 17.6 Å². The number of methoxy groups -OCH3 is 1. The second-order valence-corrected chi connectivity index (χ2v) is 4.78. The molecule has 0 aromatic heterocycles. The van der Waals surface area contributed by atoms with Gasteiger partial charge in [-0.2, -0.15) is 0 Å². The minimum absolute atomic E-state index is 0.428. The van der Waals surface area contributed by atoms with E-state index in [2.05, 4.69) is 0 Å². The lowest BCUT2D eigenvalue weighted by molar-refractivity contribution is -0.156. The molecule has 1 aromatic carbocycles. The molecule has 0 radical (unpaired) electrons. The molecule has 2 N–H and O–H groups in total. The first-order valence-corrected chi connectivity index (χ1v) is 5.46. The maximum absolute atomic E-state index is 11.7. The first-order valence-electron chi connectivity index (χ1n) is 5.46. The molecule has 1 rings (SSSR count). The van der Waals surface area contributed by atoms with Crippen LogP contribution in [0.3, 0.4) is 0 Å². The monoisotopic (exact) mass is 237 g/mol. The molecule has 0 spiro atoms. The van der Waals surface area contributed by atoms with Gasteiger partial charge in [-0.1, -0.05) is 12.1 Å². The van der Waals surface area contributed by atoms with Crippen molar-refractivity contribution >= 4 is 5.97 Å². The normalized spacial score (nSPS) is 13.0. The van der Waals surface area contributed by atoms with Gasteiger partial charge in [0.05, 0.1) is 7.11 Å². The highest BCUT2D eigenvalue weighted by atomic mass is 16.6. The lowest BCUT2D eigenvalue weighted by atomic mass is 10.1. The van der Waals surface area contributed by atoms with E-state index in [0.717, 1.165) is 5.75 Å². The molecule has 0 heterocycles. The third-order valence-corrected chi connectivity index (χ3v) is 2.14. The predicted molar refractivity (Wildman–Crippen MR) is 65.8 cm³/mol. The number of carbonyl (C=O) groups is 1. The zero-order valence-corrected chi connectivity index (χ0v) is 10.7. The van der Waals surface area contributed by atoms with Crippen LogP contribution in [-0.2, 0) is 9.53 Å². The van der Waals surface area contributed by atoms with Crippen LogP contribution in [0.2, 0.25) is 0 Å². The second-order valence-electron chi connectivity index (χ2n) is 4.78. The van der Waals surface area contributed by atoms with Gasteiger partial charge in [0.15, 0.2) is 0 Å². The highest BCUT2D eigenvalue weighted by Crippen LogP contribution is 2.19. The molecule has 0 unspecified atom stereocenters. The molecular formula is C13H19NO3. The Balaban J connectivity index is 2.74. The van der Waals surface area contributed by atoms with E-state index in [1.807, 2.05) is 20.8 Å². The van der Waals surface area contributed by atoms with Crippen molar-refractivity contribution in [2.45, 2.75) is 32.4 Å². The maximum atomic E-state index is 11.7. The number of nitrogens with two attached hydrogens (primary N) is 1. The third-order valence-electron chi connectivity index (χ3n) is 2.14. The van der Waals surface area contributed by atoms with Crippen molar-refractivity contribution < 1.29 is 14.3 Å². The van der Waals surface area contributed by atoms with Crippen molar-refractivity contribution in [3.63, 3.8) is 0 Å². The van der Waals surface area contributed by atoms with E-state index in [1.165, 1.54) is 0 Å². The van der Waals surface area contributed by atoms with Crippen molar-refractivity contribution in [2.24, 2.45) is 5.73 Å². The van der Waals surface area contributed by atoms with Crippen LogP contribution in [0.25, 0.3) is 0 Å². The average molecular weight is 237 g/mol. The van der Waals surface area contributed by atoms with Gasteiger partial charge in [-0.15, -0.1) is 0 Å². The third kappa shape index (κ3) is 4.07. The first kappa shape index (κ1) is 13.5. The molecule has 0 saturated carbocycles. The van der Waals surface area contributed by atoms with Crippen LogP contribution in [0.5, 0.6) is 5.75 Å². The Morgan fingerprint density at radius 1 is 1.24 bits per heavy atom. The van der Waals surface area contributed by atoms with Gasteiger partial charge in [-0.3, -0.25) is 0 Å². The van der Waals surface area contributed by atoms with Crippen molar-refractivity contribution in [1.29, 1.82) is 0 Å². The fourth-order valence-corrected chi connectivity index (χ4v) is 1.31. The molecule has 0 amide bonds. The SMILES string of the molecule is COc1ccc([C@@H](N)C(=O)OC(C)(C)C)cc1. The zero-order chi connectivity index (χ0) is 13.1. The van der Waals surface area contributed by atoms with Crippen molar-refractivity contribution in [3.05, 3.63) is 29.8 Å². The quantitative estimate of drug-likeness (QED) is 0.817. The summed E-state index contributed by atoms with van der Waals surface area (Å²) >= 11 is 0. The Bertz CT molecular complexity index is 379. The minimum Gasteiger partial charge on any atom is -0.497 e. The Labute approximate surface area is 102 Å². The van der Waals surface area contributed by atoms with Crippen LogP contribution >= 0.6 is 0 Å². The maximum Gasteiger partial charge on any atom is 0.328 e. The van der Waals surface area contributed by atoms with Gasteiger partial charge in [0.25, 0.3) is 0 Å². The van der Waals surface area contributed by atoms with E-state index in [-0.39, 0.29) is 0 Å². The van der Waals surface area contributed by atoms with Gasteiger partial charge in [-0.25, -0.2) is 4.79 Å². The number of esters is 1. The molecule has 4 heteroatoms. The Morgan fingerprint density at radius 3 is 2.18 bits per heavy atom. The number of carbonyl (C=O) groups excluding carboxylic acids is 1. The molecule has 1 atom stereocenters. The largest absolute Gasteiger partial charge is 0.497 e. The topological polar surface area (TPSA) is 61.5 Å². The number of hydrogen-bond donors (Lipinski definition) is 1. The van der Waals surface area contributed by atoms with E-state index in [4.69, 9.17) is 15.2 Å². The van der Waals surface area contributed by atoms with Crippen LogP contribution in [-0.4, -0.2) is 18.7 Å². The predicted octanol–water partition coefficient (Wildman–Crippen LogP) is 2.04. The summed E-state index contributed by atoms with van der Waals surface area (Å²) in [6.45, 7) is 5.43. The number of hydrogen-bond acceptors (Lipinski definition) is 4. The van der Waals surface area contributed by atoms with Crippen molar-refractivity contribution in [1.82, 2.24) is 0 Å². The van der Waals surface area contributed by atoms with E-state index in [0.29, 0.717) is 5.56 Å². The fraction of sp³-hybridized carbons (Fsp3) is 0.462. The van der Waals surface area contributed by atoms with Gasteiger partial charge in [0, 0.05) is 0 Å². The average Bonchev–Trinajstić information content (AvgIpc) is 2.26. The van der Waals surface area contributed by atoms with Crippen LogP contribution < -0.4 is 10.5 Å². The Kier molecular flexibility index (Phi) is 4.12. The van der Waals surface area contributed by atoms with Gasteiger partial charge in [0.1, 0.15) is 17.4 Å². The Morgan fingerprint density at radius 2 is 1.76 bits per heavy atom. The summed E-state index contributed by atoms with van der Waals surface area (Å²) in [6.07, 6.45) is 0. The lowest BCUT2D eigenvalue weighted by Crippen LogP contribution is -2.31. The summed E-state index contributed by atoms with van der Waals surface area (Å²) in [5.41, 5.74) is 6.00. The van der Waals surface area contributed by atoms with Crippen LogP contribution in [0, 0.1) is 0 Å². The smallest absolute Gasteiger partial charge is 0.328 e. The summed E-state index contributed by atoms with van der Waals surface area (Å²) in [5, 5.41) is 0. The van der Waals surface area contributed by atoms with Crippen LogP contribution in [0.4, 0.5) is 0 Å². The molecule has 4 nitrogen and oxygen atoms in total. The molecule has 0 aliphatic rings. The molecule has 0 bridgehead atoms. The summed E-state index contributed by atoms with van der Waals surface area (Å²) < 4.78 is 10.2. The number of rotatable bonds is 3. The van der Waals surface area contributed by atoms with Crippen molar-refractivity contribution in [3.8, 4) is 5.75 Å². The molecule has 0 aliphatic heterocycles. The van der Waals surface area contributed by atoms with E-state index >= 15 is 0 Å². The molecule has 1 aromatic rings. The van der Waals surface area contributed by atoms with Crippen molar-refractivity contribution in [2.75, 3.05) is 7.11 Å². The molecule has 94 valence electrons. The highest BCUT2D eigenvalue weighted by Gasteiger charge is 2.23. The molecule has 0 aliphatic carbocycles. The number of ether oxygens (including phenoxy) is 2. The van der Waals surface area contributed by atoms with Gasteiger partial charge >= 0.3 is 5.97 Å². The van der Waals surface area contributed by atoms with E-state index in [9.17, 15) is 4.79 Å². The summed E-state index contributed by atoms with van der Waals surface area (Å²) in [4.78, 5) is 11.7. The molecule has 17 heavy (non-hydrogen) atoms. The molecule has 0 fully saturated rings. The van der Waals surface area contributed by atoms with Gasteiger partial charge in [-0.05, 0) is 38.5 Å². The van der Waals surface area contributed by atoms with Gasteiger partial charge < -0.3 is 15.2 Å². The highest BCUT2D eigenvalue weighted by molar-refractivity contribution is 5.77. The number of benzene rings is 1. The summed E-state index contributed by atoms with van der Waals surface area (Å²) in [5.74, 6) is 0.299. The van der Waals surface area contributed by atoms with E-state index in [1.54, 1.807) is 31.4 Å². The lowest BCUT2D eigenvalue weighted by Gasteiger charge is -2.22. The standard InChI is InChI=1S/C13H19NO3/c1-13(2,3)17-12(15)11(14)9-5-7-10(16-4)8-6-9/h5-8,11H,14H2,1-4H3/t11-/m1/s1. The first-order chi connectivity index (χ1) is 7.83. The fourth-order valence-electron chi connectivity index (χ4n) is 1.31. The summed E-state index contributed by atoms with van der Waals surface area (Å²) in [7, 11) is 1.59. The zero-order valence-electron chi connectivity index (χ0n) is 10.7. The van der Waals surface area contributed by atoms with Gasteiger partial charge in [0.2, 0.25) is 0 Å². The second kappa shape index (κ2) is 5.19.